The van der Waals surface area contributed by atoms with E-state index in [0.717, 1.165) is 88.5 Å². The fourth-order valence-corrected chi connectivity index (χ4v) is 9.10. The number of aromatic nitrogens is 2. The second-order valence-corrected chi connectivity index (χ2v) is 19.4. The van der Waals surface area contributed by atoms with Crippen LogP contribution < -0.4 is 32.5 Å². The van der Waals surface area contributed by atoms with Crippen LogP contribution in [0.4, 0.5) is 8.78 Å². The van der Waals surface area contributed by atoms with Crippen LogP contribution in [0.25, 0.3) is 11.0 Å². The number of imidazole rings is 1. The average Bonchev–Trinajstić information content (AvgIpc) is 4.15. The number of aliphatic imine (C=N–C) groups is 1. The molecule has 0 bridgehead atoms. The minimum Gasteiger partial charge on any atom is -0.378 e. The molecule has 7 aliphatic rings. The Morgan fingerprint density at radius 1 is 0.987 bits per heavy atom. The number of likely N-dealkylation sites (N-methyl/N-ethyl adjacent to an activating group) is 1. The summed E-state index contributed by atoms with van der Waals surface area (Å²) in [5.74, 6) is 6.58. The molecule has 0 radical (unpaired) electrons. The van der Waals surface area contributed by atoms with E-state index in [1.807, 2.05) is 58.3 Å². The van der Waals surface area contributed by atoms with Crippen molar-refractivity contribution in [1.82, 2.24) is 60.7 Å². The van der Waals surface area contributed by atoms with Crippen molar-refractivity contribution in [1.29, 1.82) is 0 Å². The van der Waals surface area contributed by atoms with Gasteiger partial charge >= 0.3 is 5.69 Å². The summed E-state index contributed by atoms with van der Waals surface area (Å²) in [5.41, 5.74) is 9.50. The monoisotopic (exact) mass is 1070 g/mol. The van der Waals surface area contributed by atoms with Crippen LogP contribution >= 0.6 is 0 Å². The SMILES string of the molecule is C=CC(=C)C.CC.CCCCC.CCNC.CN1CCN(CC#Cc2cccc3c2n(C)c(=O)n3C2CCC(=O)NC2=O)CC1.O=C(NC1=CN(C2CCCCC2)NC1C(F)F)C1=C2N=C(N3CCOCC3)C=CN2NC1. The topological polar surface area (TPSA) is 176 Å². The van der Waals surface area contributed by atoms with E-state index in [-0.39, 0.29) is 36.3 Å². The number of aryl methyl sites for hydroxylation is 1. The lowest BCUT2D eigenvalue weighted by atomic mass is 9.95. The van der Waals surface area contributed by atoms with E-state index in [9.17, 15) is 28.0 Å². The Labute approximate surface area is 456 Å². The van der Waals surface area contributed by atoms with Crippen LogP contribution in [0.1, 0.15) is 117 Å². The van der Waals surface area contributed by atoms with Crippen molar-refractivity contribution in [3.05, 3.63) is 94.6 Å². The van der Waals surface area contributed by atoms with E-state index in [0.29, 0.717) is 48.6 Å². The fourth-order valence-electron chi connectivity index (χ4n) is 9.10. The van der Waals surface area contributed by atoms with Crippen LogP contribution in [0, 0.1) is 11.8 Å². The Kier molecular flexibility index (Phi) is 27.6. The summed E-state index contributed by atoms with van der Waals surface area (Å²) >= 11 is 0. The molecule has 1 aromatic heterocycles. The van der Waals surface area contributed by atoms with Crippen LogP contribution in [-0.2, 0) is 26.2 Å². The van der Waals surface area contributed by atoms with Crippen molar-refractivity contribution >= 4 is 34.6 Å². The van der Waals surface area contributed by atoms with Gasteiger partial charge in [0, 0.05) is 77.7 Å². The van der Waals surface area contributed by atoms with Gasteiger partial charge in [-0.1, -0.05) is 116 Å². The summed E-state index contributed by atoms with van der Waals surface area (Å²) < 4.78 is 35.9. The van der Waals surface area contributed by atoms with Gasteiger partial charge in [-0.3, -0.25) is 38.7 Å². The molecule has 2 aromatic rings. The molecule has 77 heavy (non-hydrogen) atoms. The van der Waals surface area contributed by atoms with Crippen LogP contribution in [0.5, 0.6) is 0 Å². The third-order valence-corrected chi connectivity index (χ3v) is 13.7. The van der Waals surface area contributed by atoms with Crippen molar-refractivity contribution in [2.24, 2.45) is 12.0 Å². The normalized spacial score (nSPS) is 20.4. The number of nitrogens with zero attached hydrogens (tertiary/aromatic N) is 8. The van der Waals surface area contributed by atoms with Gasteiger partial charge in [0.1, 0.15) is 17.9 Å². The minimum absolute atomic E-state index is 0.175. The van der Waals surface area contributed by atoms with E-state index in [1.165, 1.54) is 30.3 Å². The van der Waals surface area contributed by atoms with Gasteiger partial charge in [0.25, 0.3) is 12.3 Å². The maximum absolute atomic E-state index is 13.7. The zero-order valence-electron chi connectivity index (χ0n) is 47.5. The van der Waals surface area contributed by atoms with Crippen LogP contribution in [0.3, 0.4) is 0 Å². The second kappa shape index (κ2) is 33.4. The molecule has 18 nitrogen and oxygen atoms in total. The number of piperazine rings is 1. The molecule has 3 amide bonds. The Balaban J connectivity index is 0.000000261. The first-order valence-electron chi connectivity index (χ1n) is 27.7. The number of ether oxygens (including phenoxy) is 1. The van der Waals surface area contributed by atoms with Gasteiger partial charge < -0.3 is 30.2 Å². The summed E-state index contributed by atoms with van der Waals surface area (Å²) in [6.45, 7) is 28.3. The molecule has 20 heteroatoms. The van der Waals surface area contributed by atoms with Crippen LogP contribution in [0.2, 0.25) is 0 Å². The molecular formula is C57H89F2N13O5. The number of amidine groups is 1. The lowest BCUT2D eigenvalue weighted by Gasteiger charge is -2.31. The van der Waals surface area contributed by atoms with Crippen molar-refractivity contribution in [3.8, 4) is 11.8 Å². The van der Waals surface area contributed by atoms with Gasteiger partial charge in [-0.25, -0.2) is 29.4 Å². The predicted octanol–water partition coefficient (Wildman–Crippen LogP) is 6.13. The molecular weight excluding hydrogens is 985 g/mol. The van der Waals surface area contributed by atoms with Crippen molar-refractivity contribution < 1.29 is 27.9 Å². The maximum Gasteiger partial charge on any atom is 0.329 e. The van der Waals surface area contributed by atoms with Crippen molar-refractivity contribution in [3.63, 3.8) is 0 Å². The molecule has 0 spiro atoms. The number of hydrogen-bond donors (Lipinski definition) is 5. The highest BCUT2D eigenvalue weighted by Gasteiger charge is 2.38. The minimum atomic E-state index is -2.63. The Morgan fingerprint density at radius 2 is 1.65 bits per heavy atom. The number of unbranched alkanes of at least 4 members (excludes halogenated alkanes) is 2. The lowest BCUT2D eigenvalue weighted by Crippen LogP contribution is -2.47. The fraction of sp³-hybridized carbons (Fsp3) is 0.596. The van der Waals surface area contributed by atoms with Gasteiger partial charge in [-0.05, 0) is 65.0 Å². The summed E-state index contributed by atoms with van der Waals surface area (Å²) in [5, 5.41) is 11.5. The Morgan fingerprint density at radius 3 is 2.23 bits per heavy atom. The second-order valence-electron chi connectivity index (χ2n) is 19.4. The van der Waals surface area contributed by atoms with E-state index < -0.39 is 30.3 Å². The molecule has 1 aromatic carbocycles. The van der Waals surface area contributed by atoms with Gasteiger partial charge in [-0.2, -0.15) is 0 Å². The average molecular weight is 1070 g/mol. The van der Waals surface area contributed by atoms with Gasteiger partial charge in [0.15, 0.2) is 5.82 Å². The molecule has 1 aliphatic carbocycles. The number of amides is 3. The number of fused-ring (bicyclic) bond motifs is 2. The molecule has 4 fully saturated rings. The van der Waals surface area contributed by atoms with E-state index in [4.69, 9.17) is 4.74 Å². The predicted molar refractivity (Wildman–Crippen MR) is 304 cm³/mol. The van der Waals surface area contributed by atoms with Crippen molar-refractivity contribution in [2.75, 3.05) is 86.2 Å². The third kappa shape index (κ3) is 18.6. The first-order chi connectivity index (χ1) is 37.1. The van der Waals surface area contributed by atoms with E-state index in [2.05, 4.69) is 99.3 Å². The third-order valence-electron chi connectivity index (χ3n) is 13.7. The van der Waals surface area contributed by atoms with Gasteiger partial charge in [-0.15, -0.1) is 0 Å². The largest absolute Gasteiger partial charge is 0.378 e. The number of benzene rings is 1. The quantitative estimate of drug-likeness (QED) is 0.105. The molecule has 2 atom stereocenters. The number of imide groups is 1. The lowest BCUT2D eigenvalue weighted by molar-refractivity contribution is -0.135. The molecule has 1 saturated carbocycles. The number of halogens is 2. The number of carbonyl (C=O) groups is 3. The summed E-state index contributed by atoms with van der Waals surface area (Å²) in [4.78, 5) is 61.2. The highest BCUT2D eigenvalue weighted by atomic mass is 19.3. The molecule has 9 rings (SSSR count). The first-order valence-corrected chi connectivity index (χ1v) is 27.7. The molecule has 426 valence electrons. The van der Waals surface area contributed by atoms with Gasteiger partial charge in [0.2, 0.25) is 11.8 Å². The number of para-hydroxylation sites is 1. The van der Waals surface area contributed by atoms with Crippen molar-refractivity contribution in [2.45, 2.75) is 130 Å². The Bertz CT molecular complexity index is 2500. The summed E-state index contributed by atoms with van der Waals surface area (Å²) in [6, 6.07) is 3.84. The zero-order chi connectivity index (χ0) is 56.4. The Hall–Kier alpha value is -5.95. The first kappa shape index (κ1) is 63.6. The van der Waals surface area contributed by atoms with Crippen LogP contribution in [0.15, 0.2) is 88.4 Å². The molecule has 5 N–H and O–H groups in total. The van der Waals surface area contributed by atoms with Gasteiger partial charge in [0.05, 0.1) is 47.6 Å². The molecule has 2 unspecified atom stereocenters. The standard InChI is InChI=1S/C21H29F2N7O2.C21H25N5O3.C5H8.C5H12.C3H9N.C2H6/c22-19(23)18-16(13-30(27-18)14-4-2-1-3-5-14)25-21(31)15-12-24-29-7-6-17(26-20(15)29)28-8-10-32-11-9-28;1-23-11-13-25(14-12-23)10-4-6-15-5-3-7-16-19(15)24(2)21(29)26(16)17-8-9-18(27)22-20(17)28;1-4-5(2)3;1-3-5-4-2;1-3-4-2;1-2/h6-7,13-14,18-19,24,27H,1-5,8-12H2,(H,25,31);3,5,7,17H,8-14H2,1-2H3,(H,22,27,28);4H,1-2H2,3H3;3-5H2,1-2H3;4H,3H2,1-2H3;1-2H3. The summed E-state index contributed by atoms with van der Waals surface area (Å²) in [7, 11) is 5.75. The molecule has 6 aliphatic heterocycles. The number of allylic oxidation sites excluding steroid dienone is 2. The number of morpholine rings is 1. The highest BCUT2D eigenvalue weighted by Crippen LogP contribution is 2.29. The zero-order valence-corrected chi connectivity index (χ0v) is 47.5. The highest BCUT2D eigenvalue weighted by molar-refractivity contribution is 6.00. The number of carbonyl (C=O) groups excluding carboxylic acids is 3. The molecule has 3 saturated heterocycles. The number of hydrazine groups is 2. The summed E-state index contributed by atoms with van der Waals surface area (Å²) in [6.07, 6.45) is 14.3. The number of piperidine rings is 1. The number of nitrogens with one attached hydrogen (secondary N) is 5. The number of alkyl halides is 2. The molecule has 7 heterocycles. The number of hydrogen-bond acceptors (Lipinski definition) is 14. The smallest absolute Gasteiger partial charge is 0.329 e. The number of rotatable bonds is 10. The van der Waals surface area contributed by atoms with E-state index in [1.54, 1.807) is 33.9 Å². The maximum atomic E-state index is 13.7. The van der Waals surface area contributed by atoms with Crippen LogP contribution in [-0.4, -0.2) is 162 Å². The van der Waals surface area contributed by atoms with E-state index >= 15 is 0 Å².